The first kappa shape index (κ1) is 19.2. The van der Waals surface area contributed by atoms with Gasteiger partial charge in [-0.15, -0.1) is 12.4 Å². The second-order valence-corrected chi connectivity index (χ2v) is 6.14. The van der Waals surface area contributed by atoms with Gasteiger partial charge in [0.05, 0.1) is 11.8 Å². The molecule has 1 amide bonds. The van der Waals surface area contributed by atoms with Crippen molar-refractivity contribution in [2.75, 3.05) is 20.1 Å². The van der Waals surface area contributed by atoms with Gasteiger partial charge in [0.2, 0.25) is 17.6 Å². The molecule has 2 aromatic rings. The number of halogens is 1. The van der Waals surface area contributed by atoms with E-state index in [0.717, 1.165) is 5.56 Å². The minimum atomic E-state index is -0.0939. The molecule has 128 valence electrons. The highest BCUT2D eigenvalue weighted by molar-refractivity contribution is 5.85. The van der Waals surface area contributed by atoms with Gasteiger partial charge in [0.1, 0.15) is 6.26 Å². The van der Waals surface area contributed by atoms with Gasteiger partial charge in [-0.05, 0) is 18.0 Å². The van der Waals surface area contributed by atoms with Gasteiger partial charge < -0.3 is 19.6 Å². The largest absolute Gasteiger partial charge is 0.472 e. The van der Waals surface area contributed by atoms with Crippen LogP contribution in [0.25, 0.3) is 11.4 Å². The van der Waals surface area contributed by atoms with Crippen molar-refractivity contribution in [1.82, 2.24) is 15.0 Å². The molecule has 0 spiro atoms. The summed E-state index contributed by atoms with van der Waals surface area (Å²) in [6.45, 7) is 5.22. The van der Waals surface area contributed by atoms with Crippen LogP contribution in [0.3, 0.4) is 0 Å². The van der Waals surface area contributed by atoms with E-state index in [4.69, 9.17) is 14.7 Å². The molecule has 0 aliphatic heterocycles. The van der Waals surface area contributed by atoms with Crippen molar-refractivity contribution < 1.29 is 13.7 Å². The lowest BCUT2D eigenvalue weighted by Crippen LogP contribution is -2.39. The molecule has 23 heavy (non-hydrogen) atoms. The fraction of sp³-hybridized carbons (Fsp3) is 0.533. The average Bonchev–Trinajstić information content (AvgIpc) is 3.14. The second-order valence-electron chi connectivity index (χ2n) is 6.14. The Balaban J connectivity index is 0.00000264. The third kappa shape index (κ3) is 5.37. The van der Waals surface area contributed by atoms with Crippen LogP contribution in [0, 0.1) is 5.41 Å². The number of carbonyl (C=O) groups excluding carboxylic acids is 1. The van der Waals surface area contributed by atoms with Gasteiger partial charge in [-0.25, -0.2) is 0 Å². The predicted octanol–water partition coefficient (Wildman–Crippen LogP) is 2.13. The summed E-state index contributed by atoms with van der Waals surface area (Å²) in [7, 11) is 1.78. The molecule has 0 bridgehead atoms. The van der Waals surface area contributed by atoms with Crippen molar-refractivity contribution in [3.05, 3.63) is 24.5 Å². The minimum absolute atomic E-state index is 0. The Morgan fingerprint density at radius 3 is 2.78 bits per heavy atom. The Kier molecular flexibility index (Phi) is 6.78. The number of amides is 1. The van der Waals surface area contributed by atoms with Crippen LogP contribution < -0.4 is 5.73 Å². The van der Waals surface area contributed by atoms with E-state index in [-0.39, 0.29) is 23.7 Å². The maximum atomic E-state index is 12.1. The molecule has 0 saturated carbocycles. The van der Waals surface area contributed by atoms with Gasteiger partial charge in [-0.3, -0.25) is 4.79 Å². The molecular formula is C15H23ClN4O3. The molecule has 7 nitrogen and oxygen atoms in total. The van der Waals surface area contributed by atoms with Crippen LogP contribution in [0.1, 0.15) is 26.2 Å². The van der Waals surface area contributed by atoms with Crippen LogP contribution in [-0.2, 0) is 11.2 Å². The number of nitrogens with two attached hydrogens (primary N) is 1. The van der Waals surface area contributed by atoms with E-state index < -0.39 is 0 Å². The summed E-state index contributed by atoms with van der Waals surface area (Å²) in [5.74, 6) is 0.939. The van der Waals surface area contributed by atoms with Gasteiger partial charge in [-0.2, -0.15) is 4.98 Å². The van der Waals surface area contributed by atoms with Crippen LogP contribution in [0.15, 0.2) is 27.5 Å². The number of aryl methyl sites for hydroxylation is 1. The Bertz CT molecular complexity index is 610. The van der Waals surface area contributed by atoms with Gasteiger partial charge in [0, 0.05) is 26.4 Å². The van der Waals surface area contributed by atoms with Crippen LogP contribution in [0.5, 0.6) is 0 Å². The Morgan fingerprint density at radius 1 is 1.43 bits per heavy atom. The van der Waals surface area contributed by atoms with Gasteiger partial charge in [-0.1, -0.05) is 19.0 Å². The molecule has 2 N–H and O–H groups in total. The van der Waals surface area contributed by atoms with E-state index in [1.54, 1.807) is 30.5 Å². The van der Waals surface area contributed by atoms with Crippen LogP contribution in [-0.4, -0.2) is 41.1 Å². The zero-order valence-electron chi connectivity index (χ0n) is 13.6. The molecule has 0 aliphatic carbocycles. The van der Waals surface area contributed by atoms with Crippen LogP contribution >= 0.6 is 12.4 Å². The van der Waals surface area contributed by atoms with Gasteiger partial charge >= 0.3 is 0 Å². The van der Waals surface area contributed by atoms with E-state index in [1.165, 1.54) is 0 Å². The number of nitrogens with zero attached hydrogens (tertiary/aromatic N) is 3. The fourth-order valence-corrected chi connectivity index (χ4v) is 2.06. The first-order valence-electron chi connectivity index (χ1n) is 7.20. The van der Waals surface area contributed by atoms with Crippen molar-refractivity contribution in [2.24, 2.45) is 11.1 Å². The Morgan fingerprint density at radius 2 is 2.17 bits per heavy atom. The molecule has 0 aliphatic rings. The monoisotopic (exact) mass is 342 g/mol. The molecule has 2 heterocycles. The molecule has 0 radical (unpaired) electrons. The fourth-order valence-electron chi connectivity index (χ4n) is 2.06. The average molecular weight is 343 g/mol. The van der Waals surface area contributed by atoms with E-state index >= 15 is 0 Å². The van der Waals surface area contributed by atoms with Crippen molar-refractivity contribution in [1.29, 1.82) is 0 Å². The molecule has 0 fully saturated rings. The number of carbonyl (C=O) groups is 1. The summed E-state index contributed by atoms with van der Waals surface area (Å²) >= 11 is 0. The zero-order chi connectivity index (χ0) is 16.2. The lowest BCUT2D eigenvalue weighted by atomic mass is 9.93. The lowest BCUT2D eigenvalue weighted by molar-refractivity contribution is -0.131. The van der Waals surface area contributed by atoms with Gasteiger partial charge in [0.25, 0.3) is 0 Å². The van der Waals surface area contributed by atoms with Gasteiger partial charge in [0.15, 0.2) is 0 Å². The Hall–Kier alpha value is -1.86. The molecule has 2 rings (SSSR count). The normalized spacial score (nSPS) is 11.1. The molecule has 0 unspecified atom stereocenters. The molecule has 0 aromatic carbocycles. The smallest absolute Gasteiger partial charge is 0.227 e. The van der Waals surface area contributed by atoms with E-state index in [9.17, 15) is 4.79 Å². The number of hydrogen-bond acceptors (Lipinski definition) is 6. The summed E-state index contributed by atoms with van der Waals surface area (Å²) in [6.07, 6.45) is 3.83. The lowest BCUT2D eigenvalue weighted by Gasteiger charge is -2.29. The second kappa shape index (κ2) is 8.12. The SMILES string of the molecule is CN(CC(C)(C)CN)C(=O)CCc1nc(-c2ccoc2)no1.Cl. The highest BCUT2D eigenvalue weighted by atomic mass is 35.5. The molecule has 2 aromatic heterocycles. The topological polar surface area (TPSA) is 98.4 Å². The summed E-state index contributed by atoms with van der Waals surface area (Å²) < 4.78 is 10.1. The zero-order valence-corrected chi connectivity index (χ0v) is 14.4. The Labute approximate surface area is 141 Å². The molecule has 0 atom stereocenters. The first-order valence-corrected chi connectivity index (χ1v) is 7.20. The molecular weight excluding hydrogens is 320 g/mol. The molecule has 0 saturated heterocycles. The van der Waals surface area contributed by atoms with E-state index in [1.807, 2.05) is 13.8 Å². The summed E-state index contributed by atoms with van der Waals surface area (Å²) in [5, 5.41) is 3.87. The first-order chi connectivity index (χ1) is 10.4. The number of aromatic nitrogens is 2. The number of hydrogen-bond donors (Lipinski definition) is 1. The summed E-state index contributed by atoms with van der Waals surface area (Å²) in [4.78, 5) is 18.1. The van der Waals surface area contributed by atoms with Crippen molar-refractivity contribution >= 4 is 18.3 Å². The maximum absolute atomic E-state index is 12.1. The maximum Gasteiger partial charge on any atom is 0.227 e. The predicted molar refractivity (Wildman–Crippen MR) is 88.0 cm³/mol. The van der Waals surface area contributed by atoms with E-state index in [0.29, 0.717) is 37.6 Å². The van der Waals surface area contributed by atoms with Crippen molar-refractivity contribution in [3.63, 3.8) is 0 Å². The number of furan rings is 1. The minimum Gasteiger partial charge on any atom is -0.472 e. The third-order valence-electron chi connectivity index (χ3n) is 3.44. The van der Waals surface area contributed by atoms with E-state index in [2.05, 4.69) is 10.1 Å². The summed E-state index contributed by atoms with van der Waals surface area (Å²) in [5.41, 5.74) is 6.35. The third-order valence-corrected chi connectivity index (χ3v) is 3.44. The van der Waals surface area contributed by atoms with Crippen LogP contribution in [0.2, 0.25) is 0 Å². The highest BCUT2D eigenvalue weighted by Gasteiger charge is 2.21. The van der Waals surface area contributed by atoms with Crippen molar-refractivity contribution in [2.45, 2.75) is 26.7 Å². The standard InChI is InChI=1S/C15H22N4O3.ClH/c1-15(2,9-16)10-19(3)13(20)5-4-12-17-14(18-22-12)11-6-7-21-8-11;/h6-8H,4-5,9-10,16H2,1-3H3;1H. The number of rotatable bonds is 7. The quantitative estimate of drug-likeness (QED) is 0.827. The van der Waals surface area contributed by atoms with Crippen molar-refractivity contribution in [3.8, 4) is 11.4 Å². The highest BCUT2D eigenvalue weighted by Crippen LogP contribution is 2.17. The summed E-state index contributed by atoms with van der Waals surface area (Å²) in [6, 6.07) is 1.75. The van der Waals surface area contributed by atoms with Crippen LogP contribution in [0.4, 0.5) is 0 Å². The molecule has 8 heteroatoms.